The van der Waals surface area contributed by atoms with E-state index in [-0.39, 0.29) is 11.7 Å². The lowest BCUT2D eigenvalue weighted by atomic mass is 9.92. The van der Waals surface area contributed by atoms with E-state index in [4.69, 9.17) is 4.74 Å². The Morgan fingerprint density at radius 3 is 2.31 bits per heavy atom. The lowest BCUT2D eigenvalue weighted by Crippen LogP contribution is -2.07. The van der Waals surface area contributed by atoms with Crippen molar-refractivity contribution in [3.8, 4) is 0 Å². The van der Waals surface area contributed by atoms with Gasteiger partial charge in [0.15, 0.2) is 0 Å². The van der Waals surface area contributed by atoms with Gasteiger partial charge in [-0.05, 0) is 54.9 Å². The molecule has 1 saturated heterocycles. The van der Waals surface area contributed by atoms with Gasteiger partial charge in [-0.1, -0.05) is 36.4 Å². The molecular weight excluding hydrogens is 337 g/mol. The molecule has 0 aromatic heterocycles. The topological polar surface area (TPSA) is 12.5 Å². The van der Waals surface area contributed by atoms with Gasteiger partial charge in [0.1, 0.15) is 11.9 Å². The third-order valence-electron chi connectivity index (χ3n) is 4.89. The first-order valence-corrected chi connectivity index (χ1v) is 8.91. The highest BCUT2D eigenvalue weighted by molar-refractivity contribution is 5.43. The number of rotatable bonds is 8. The first-order chi connectivity index (χ1) is 12.5. The van der Waals surface area contributed by atoms with E-state index in [0.717, 1.165) is 18.4 Å². The summed E-state index contributed by atoms with van der Waals surface area (Å²) in [6.07, 6.45) is 1.53. The maximum absolute atomic E-state index is 14.6. The molecular formula is C22H23F3O. The maximum Gasteiger partial charge on any atom is 0.266 e. The number of epoxide rings is 1. The van der Waals surface area contributed by atoms with Gasteiger partial charge in [-0.3, -0.25) is 0 Å². The largest absolute Gasteiger partial charge is 0.368 e. The average Bonchev–Trinajstić information content (AvgIpc) is 3.45. The van der Waals surface area contributed by atoms with E-state index in [1.807, 2.05) is 30.3 Å². The van der Waals surface area contributed by atoms with Crippen molar-refractivity contribution in [2.75, 3.05) is 6.61 Å². The molecule has 1 aliphatic rings. The van der Waals surface area contributed by atoms with E-state index in [2.05, 4.69) is 6.58 Å². The Labute approximate surface area is 152 Å². The van der Waals surface area contributed by atoms with Crippen molar-refractivity contribution in [2.24, 2.45) is 0 Å². The molecule has 1 unspecified atom stereocenters. The smallest absolute Gasteiger partial charge is 0.266 e. The quantitative estimate of drug-likeness (QED) is 0.412. The molecule has 0 amide bonds. The highest BCUT2D eigenvalue weighted by atomic mass is 19.3. The van der Waals surface area contributed by atoms with E-state index in [0.29, 0.717) is 30.6 Å². The van der Waals surface area contributed by atoms with Crippen molar-refractivity contribution in [2.45, 2.75) is 45.1 Å². The number of hydrogen-bond donors (Lipinski definition) is 0. The van der Waals surface area contributed by atoms with E-state index in [1.54, 1.807) is 13.0 Å². The van der Waals surface area contributed by atoms with Crippen molar-refractivity contribution >= 4 is 0 Å². The average molecular weight is 360 g/mol. The third-order valence-corrected chi connectivity index (χ3v) is 4.89. The van der Waals surface area contributed by atoms with Crippen LogP contribution in [0.4, 0.5) is 13.2 Å². The predicted octanol–water partition coefficient (Wildman–Crippen LogP) is 6.05. The predicted molar refractivity (Wildman–Crippen MR) is 97.2 cm³/mol. The second kappa shape index (κ2) is 8.09. The van der Waals surface area contributed by atoms with Crippen LogP contribution in [-0.4, -0.2) is 6.61 Å². The van der Waals surface area contributed by atoms with Crippen molar-refractivity contribution in [1.82, 2.24) is 0 Å². The Hall–Kier alpha value is -2.07. The maximum atomic E-state index is 14.6. The summed E-state index contributed by atoms with van der Waals surface area (Å²) < 4.78 is 46.7. The molecule has 26 heavy (non-hydrogen) atoms. The van der Waals surface area contributed by atoms with E-state index in [9.17, 15) is 13.2 Å². The van der Waals surface area contributed by atoms with Gasteiger partial charge >= 0.3 is 0 Å². The molecule has 138 valence electrons. The molecule has 0 spiro atoms. The molecule has 1 nitrogen and oxygen atoms in total. The zero-order chi connectivity index (χ0) is 18.7. The first kappa shape index (κ1) is 18.7. The van der Waals surface area contributed by atoms with Crippen molar-refractivity contribution in [3.05, 3.63) is 82.2 Å². The summed E-state index contributed by atoms with van der Waals surface area (Å²) in [7, 11) is 0. The van der Waals surface area contributed by atoms with Crippen LogP contribution in [0.1, 0.15) is 52.3 Å². The molecule has 1 atom stereocenters. The molecule has 2 aromatic carbocycles. The number of halogens is 3. The van der Waals surface area contributed by atoms with Gasteiger partial charge in [0.05, 0.1) is 12.2 Å². The Bertz CT molecular complexity index is 777. The van der Waals surface area contributed by atoms with Crippen LogP contribution in [0.25, 0.3) is 0 Å². The summed E-state index contributed by atoms with van der Waals surface area (Å²) in [4.78, 5) is 0. The minimum atomic E-state index is -2.83. The van der Waals surface area contributed by atoms with Crippen molar-refractivity contribution in [1.29, 1.82) is 0 Å². The number of ether oxygens (including phenoxy) is 1. The summed E-state index contributed by atoms with van der Waals surface area (Å²) in [6.45, 7) is 5.88. The van der Waals surface area contributed by atoms with Crippen LogP contribution in [0.15, 0.2) is 43.0 Å². The van der Waals surface area contributed by atoms with Gasteiger partial charge in [-0.25, -0.2) is 13.2 Å². The normalized spacial score (nSPS) is 16.1. The number of alkyl halides is 2. The molecule has 0 bridgehead atoms. The standard InChI is InChI=1S/C22H23F3O/c1-3-4-5-15-6-8-16(9-7-15)10-11-17-14(2)12-18(19-13-26-19)21(23)20(17)22(24)25/h3,6-9,12,19,22H,1,4-5,10-11,13H2,2H3. The number of allylic oxidation sites excluding steroid dienone is 1. The fourth-order valence-corrected chi connectivity index (χ4v) is 3.32. The second-order valence-electron chi connectivity index (χ2n) is 6.76. The second-order valence-corrected chi connectivity index (χ2v) is 6.76. The number of aryl methyl sites for hydroxylation is 3. The summed E-state index contributed by atoms with van der Waals surface area (Å²) in [5.41, 5.74) is 3.19. The molecule has 1 fully saturated rings. The molecule has 3 rings (SSSR count). The van der Waals surface area contributed by atoms with Crippen molar-refractivity contribution < 1.29 is 17.9 Å². The van der Waals surface area contributed by atoms with Crippen LogP contribution < -0.4 is 0 Å². The molecule has 0 aliphatic carbocycles. The summed E-state index contributed by atoms with van der Waals surface area (Å²) in [5.74, 6) is -0.803. The van der Waals surface area contributed by atoms with Crippen LogP contribution >= 0.6 is 0 Å². The summed E-state index contributed by atoms with van der Waals surface area (Å²) in [5, 5.41) is 0. The fourth-order valence-electron chi connectivity index (χ4n) is 3.32. The zero-order valence-electron chi connectivity index (χ0n) is 14.9. The lowest BCUT2D eigenvalue weighted by molar-refractivity contribution is 0.144. The van der Waals surface area contributed by atoms with Crippen LogP contribution in [0.2, 0.25) is 0 Å². The Balaban J connectivity index is 1.78. The third kappa shape index (κ3) is 4.18. The van der Waals surface area contributed by atoms with Crippen LogP contribution in [0, 0.1) is 12.7 Å². The minimum Gasteiger partial charge on any atom is -0.368 e. The van der Waals surface area contributed by atoms with Gasteiger partial charge < -0.3 is 4.74 Å². The van der Waals surface area contributed by atoms with E-state index < -0.39 is 17.8 Å². The molecule has 0 radical (unpaired) electrons. The first-order valence-electron chi connectivity index (χ1n) is 8.91. The van der Waals surface area contributed by atoms with E-state index in [1.165, 1.54) is 5.56 Å². The van der Waals surface area contributed by atoms with Crippen LogP contribution in [-0.2, 0) is 24.0 Å². The van der Waals surface area contributed by atoms with Gasteiger partial charge in [0.25, 0.3) is 6.43 Å². The van der Waals surface area contributed by atoms with Gasteiger partial charge in [0, 0.05) is 5.56 Å². The van der Waals surface area contributed by atoms with E-state index >= 15 is 0 Å². The van der Waals surface area contributed by atoms with Gasteiger partial charge in [0.2, 0.25) is 0 Å². The fraction of sp³-hybridized carbons (Fsp3) is 0.364. The number of benzene rings is 2. The molecule has 4 heteroatoms. The monoisotopic (exact) mass is 360 g/mol. The van der Waals surface area contributed by atoms with Crippen LogP contribution in [0.3, 0.4) is 0 Å². The zero-order valence-corrected chi connectivity index (χ0v) is 14.9. The van der Waals surface area contributed by atoms with Crippen LogP contribution in [0.5, 0.6) is 0 Å². The Kier molecular flexibility index (Phi) is 5.82. The van der Waals surface area contributed by atoms with Crippen molar-refractivity contribution in [3.63, 3.8) is 0 Å². The molecule has 0 saturated carbocycles. The lowest BCUT2D eigenvalue weighted by Gasteiger charge is -2.16. The Morgan fingerprint density at radius 2 is 1.77 bits per heavy atom. The van der Waals surface area contributed by atoms with Gasteiger partial charge in [-0.15, -0.1) is 6.58 Å². The van der Waals surface area contributed by atoms with Gasteiger partial charge in [-0.2, -0.15) is 0 Å². The summed E-state index contributed by atoms with van der Waals surface area (Å²) >= 11 is 0. The minimum absolute atomic E-state index is 0.258. The molecule has 0 N–H and O–H groups in total. The summed E-state index contributed by atoms with van der Waals surface area (Å²) in [6, 6.07) is 9.78. The Morgan fingerprint density at radius 1 is 1.15 bits per heavy atom. The highest BCUT2D eigenvalue weighted by Crippen LogP contribution is 2.38. The molecule has 1 aliphatic heterocycles. The molecule has 1 heterocycles. The molecule has 2 aromatic rings. The number of hydrogen-bond acceptors (Lipinski definition) is 1. The highest BCUT2D eigenvalue weighted by Gasteiger charge is 2.32. The SMILES string of the molecule is C=CCCc1ccc(CCc2c(C)cc(C3CO3)c(F)c2C(F)F)cc1.